The average molecular weight is 264 g/mol. The Morgan fingerprint density at radius 3 is 2.42 bits per heavy atom. The minimum absolute atomic E-state index is 0.0606. The monoisotopic (exact) mass is 264 g/mol. The molecule has 2 atom stereocenters. The summed E-state index contributed by atoms with van der Waals surface area (Å²) in [6, 6.07) is 5.64. The first kappa shape index (κ1) is 13.5. The molecule has 2 amide bonds. The van der Waals surface area contributed by atoms with Crippen LogP contribution in [0, 0.1) is 11.7 Å². The van der Waals surface area contributed by atoms with E-state index in [4.69, 9.17) is 0 Å². The van der Waals surface area contributed by atoms with E-state index < -0.39 is 5.92 Å². The molecule has 4 nitrogen and oxygen atoms in total. The third kappa shape index (κ3) is 2.45. The zero-order valence-electron chi connectivity index (χ0n) is 11.3. The molecule has 1 aromatic rings. The number of likely N-dealkylation sites (tertiary alicyclic amines) is 1. The van der Waals surface area contributed by atoms with Gasteiger partial charge in [0, 0.05) is 27.6 Å². The maximum atomic E-state index is 13.0. The Labute approximate surface area is 111 Å². The van der Waals surface area contributed by atoms with E-state index in [0.717, 1.165) is 5.56 Å². The standard InChI is InChI=1S/C14H17FN2O2/c1-16(2)14(19)11-8-12(18)17(3)13(11)9-4-6-10(15)7-5-9/h4-7,11,13H,8H2,1-3H3/t11-,13+/m1/s1. The summed E-state index contributed by atoms with van der Waals surface area (Å²) in [4.78, 5) is 27.1. The summed E-state index contributed by atoms with van der Waals surface area (Å²) in [5.41, 5.74) is 0.787. The minimum atomic E-state index is -0.405. The van der Waals surface area contributed by atoms with Crippen molar-refractivity contribution in [2.45, 2.75) is 12.5 Å². The van der Waals surface area contributed by atoms with E-state index in [2.05, 4.69) is 0 Å². The summed E-state index contributed by atoms with van der Waals surface area (Å²) in [5, 5.41) is 0. The van der Waals surface area contributed by atoms with Gasteiger partial charge in [0.05, 0.1) is 12.0 Å². The van der Waals surface area contributed by atoms with E-state index in [0.29, 0.717) is 0 Å². The van der Waals surface area contributed by atoms with E-state index in [-0.39, 0.29) is 30.1 Å². The second-order valence-corrected chi connectivity index (χ2v) is 5.04. The van der Waals surface area contributed by atoms with E-state index in [1.54, 1.807) is 38.2 Å². The lowest BCUT2D eigenvalue weighted by Crippen LogP contribution is -2.33. The Morgan fingerprint density at radius 2 is 1.89 bits per heavy atom. The van der Waals surface area contributed by atoms with Crippen molar-refractivity contribution in [2.75, 3.05) is 21.1 Å². The number of halogens is 1. The summed E-state index contributed by atoms with van der Waals surface area (Å²) in [6.07, 6.45) is 0.204. The van der Waals surface area contributed by atoms with Gasteiger partial charge in [0.25, 0.3) is 0 Å². The number of nitrogens with zero attached hydrogens (tertiary/aromatic N) is 2. The molecule has 0 N–H and O–H groups in total. The second-order valence-electron chi connectivity index (χ2n) is 5.04. The highest BCUT2D eigenvalue weighted by Gasteiger charge is 2.43. The van der Waals surface area contributed by atoms with Gasteiger partial charge in [-0.1, -0.05) is 12.1 Å². The van der Waals surface area contributed by atoms with Crippen molar-refractivity contribution in [1.29, 1.82) is 0 Å². The molecule has 0 aromatic heterocycles. The molecule has 19 heavy (non-hydrogen) atoms. The van der Waals surface area contributed by atoms with Crippen LogP contribution in [0.3, 0.4) is 0 Å². The predicted octanol–water partition coefficient (Wildman–Crippen LogP) is 1.43. The zero-order chi connectivity index (χ0) is 14.2. The smallest absolute Gasteiger partial charge is 0.228 e. The highest BCUT2D eigenvalue weighted by Crippen LogP contribution is 2.37. The van der Waals surface area contributed by atoms with Gasteiger partial charge in [0.15, 0.2) is 0 Å². The molecular formula is C14H17FN2O2. The fraction of sp³-hybridized carbons (Fsp3) is 0.429. The summed E-state index contributed by atoms with van der Waals surface area (Å²) < 4.78 is 13.0. The number of carbonyl (C=O) groups excluding carboxylic acids is 2. The molecule has 0 bridgehead atoms. The van der Waals surface area contributed by atoms with E-state index in [1.165, 1.54) is 17.0 Å². The highest BCUT2D eigenvalue weighted by molar-refractivity contribution is 5.90. The van der Waals surface area contributed by atoms with Crippen molar-refractivity contribution in [1.82, 2.24) is 9.80 Å². The lowest BCUT2D eigenvalue weighted by atomic mass is 9.92. The molecule has 1 fully saturated rings. The van der Waals surface area contributed by atoms with Gasteiger partial charge in [-0.15, -0.1) is 0 Å². The fourth-order valence-corrected chi connectivity index (χ4v) is 2.54. The van der Waals surface area contributed by atoms with Crippen molar-refractivity contribution >= 4 is 11.8 Å². The molecule has 102 valence electrons. The van der Waals surface area contributed by atoms with E-state index in [1.807, 2.05) is 0 Å². The van der Waals surface area contributed by atoms with Crippen LogP contribution in [0.15, 0.2) is 24.3 Å². The van der Waals surface area contributed by atoms with Crippen LogP contribution >= 0.6 is 0 Å². The normalized spacial score (nSPS) is 22.7. The van der Waals surface area contributed by atoms with Crippen molar-refractivity contribution in [3.63, 3.8) is 0 Å². The average Bonchev–Trinajstić information content (AvgIpc) is 2.66. The van der Waals surface area contributed by atoms with Crippen molar-refractivity contribution in [2.24, 2.45) is 5.92 Å². The molecular weight excluding hydrogens is 247 g/mol. The van der Waals surface area contributed by atoms with Gasteiger partial charge in [0.2, 0.25) is 11.8 Å². The van der Waals surface area contributed by atoms with E-state index in [9.17, 15) is 14.0 Å². The van der Waals surface area contributed by atoms with Crippen LogP contribution in [0.2, 0.25) is 0 Å². The first-order valence-electron chi connectivity index (χ1n) is 6.14. The van der Waals surface area contributed by atoms with Crippen LogP contribution in [0.5, 0.6) is 0 Å². The molecule has 0 radical (unpaired) electrons. The molecule has 1 aromatic carbocycles. The number of hydrogen-bond acceptors (Lipinski definition) is 2. The second kappa shape index (κ2) is 4.99. The molecule has 2 rings (SSSR count). The Kier molecular flexibility index (Phi) is 3.55. The Balaban J connectivity index is 2.36. The van der Waals surface area contributed by atoms with Crippen LogP contribution in [0.1, 0.15) is 18.0 Å². The Hall–Kier alpha value is -1.91. The van der Waals surface area contributed by atoms with Gasteiger partial charge >= 0.3 is 0 Å². The number of rotatable bonds is 2. The quantitative estimate of drug-likeness (QED) is 0.811. The summed E-state index contributed by atoms with van der Waals surface area (Å²) in [6.45, 7) is 0. The largest absolute Gasteiger partial charge is 0.348 e. The third-order valence-electron chi connectivity index (χ3n) is 3.56. The molecule has 0 saturated carbocycles. The van der Waals surface area contributed by atoms with Gasteiger partial charge in [0.1, 0.15) is 5.82 Å². The molecule has 0 unspecified atom stereocenters. The molecule has 0 aliphatic carbocycles. The molecule has 1 heterocycles. The minimum Gasteiger partial charge on any atom is -0.348 e. The molecule has 5 heteroatoms. The first-order chi connectivity index (χ1) is 8.91. The maximum Gasteiger partial charge on any atom is 0.228 e. The lowest BCUT2D eigenvalue weighted by molar-refractivity contribution is -0.134. The summed E-state index contributed by atoms with van der Waals surface area (Å²) >= 11 is 0. The zero-order valence-corrected chi connectivity index (χ0v) is 11.3. The SMILES string of the molecule is CN(C)C(=O)[C@@H]1CC(=O)N(C)[C@H]1c1ccc(F)cc1. The van der Waals surface area contributed by atoms with Crippen molar-refractivity contribution in [3.8, 4) is 0 Å². The van der Waals surface area contributed by atoms with Gasteiger partial charge < -0.3 is 9.80 Å². The number of carbonyl (C=O) groups is 2. The summed E-state index contributed by atoms with van der Waals surface area (Å²) in [7, 11) is 5.03. The molecule has 1 aliphatic rings. The Morgan fingerprint density at radius 1 is 1.32 bits per heavy atom. The maximum absolute atomic E-state index is 13.0. The third-order valence-corrected chi connectivity index (χ3v) is 3.56. The number of amides is 2. The van der Waals surface area contributed by atoms with Crippen molar-refractivity contribution < 1.29 is 14.0 Å². The van der Waals surface area contributed by atoms with Crippen LogP contribution in [-0.2, 0) is 9.59 Å². The topological polar surface area (TPSA) is 40.6 Å². The van der Waals surface area contributed by atoms with Crippen LogP contribution in [0.25, 0.3) is 0 Å². The molecule has 1 aliphatic heterocycles. The van der Waals surface area contributed by atoms with E-state index >= 15 is 0 Å². The molecule has 0 spiro atoms. The van der Waals surface area contributed by atoms with Gasteiger partial charge in [-0.3, -0.25) is 9.59 Å². The first-order valence-corrected chi connectivity index (χ1v) is 6.14. The van der Waals surface area contributed by atoms with Gasteiger partial charge in [-0.05, 0) is 17.7 Å². The number of hydrogen-bond donors (Lipinski definition) is 0. The van der Waals surface area contributed by atoms with Gasteiger partial charge in [-0.25, -0.2) is 4.39 Å². The lowest BCUT2D eigenvalue weighted by Gasteiger charge is -2.26. The van der Waals surface area contributed by atoms with Gasteiger partial charge in [-0.2, -0.15) is 0 Å². The van der Waals surface area contributed by atoms with Crippen LogP contribution < -0.4 is 0 Å². The predicted molar refractivity (Wildman–Crippen MR) is 68.7 cm³/mol. The molecule has 1 saturated heterocycles. The van der Waals surface area contributed by atoms with Crippen LogP contribution in [-0.4, -0.2) is 42.8 Å². The summed E-state index contributed by atoms with van der Waals surface area (Å²) in [5.74, 6) is -0.870. The fourth-order valence-electron chi connectivity index (χ4n) is 2.54. The number of benzene rings is 1. The Bertz CT molecular complexity index is 499. The van der Waals surface area contributed by atoms with Crippen LogP contribution in [0.4, 0.5) is 4.39 Å². The highest BCUT2D eigenvalue weighted by atomic mass is 19.1. The van der Waals surface area contributed by atoms with Crippen molar-refractivity contribution in [3.05, 3.63) is 35.6 Å².